The van der Waals surface area contributed by atoms with Crippen molar-refractivity contribution in [2.75, 3.05) is 34.2 Å². The molecule has 1 N–H and O–H groups in total. The average Bonchev–Trinajstić information content (AvgIpc) is 3.07. The molecule has 0 bridgehead atoms. The van der Waals surface area contributed by atoms with Gasteiger partial charge in [-0.15, -0.1) is 0 Å². The van der Waals surface area contributed by atoms with Gasteiger partial charge < -0.3 is 14.6 Å². The number of hydrogen-bond acceptors (Lipinski definition) is 4. The van der Waals surface area contributed by atoms with Crippen LogP contribution in [0.1, 0.15) is 30.6 Å². The second-order valence-corrected chi connectivity index (χ2v) is 5.97. The number of rotatable bonds is 9. The van der Waals surface area contributed by atoms with Crippen molar-refractivity contribution in [1.82, 2.24) is 15.1 Å². The molecular weight excluding hydrogens is 238 g/mol. The summed E-state index contributed by atoms with van der Waals surface area (Å²) in [5.74, 6) is 1.07. The molecule has 1 saturated carbocycles. The second-order valence-electron chi connectivity index (χ2n) is 5.97. The summed E-state index contributed by atoms with van der Waals surface area (Å²) in [6, 6.07) is 2.93. The zero-order valence-corrected chi connectivity index (χ0v) is 12.5. The van der Waals surface area contributed by atoms with Gasteiger partial charge in [0.05, 0.1) is 12.8 Å². The molecule has 108 valence electrons. The molecule has 4 nitrogen and oxygen atoms in total. The highest BCUT2D eigenvalue weighted by Crippen LogP contribution is 2.19. The molecule has 0 aromatic carbocycles. The molecule has 0 amide bonds. The van der Waals surface area contributed by atoms with E-state index in [1.807, 2.05) is 6.26 Å². The molecule has 1 aliphatic rings. The van der Waals surface area contributed by atoms with Crippen LogP contribution >= 0.6 is 0 Å². The molecule has 1 aliphatic carbocycles. The van der Waals surface area contributed by atoms with Crippen LogP contribution in [0.4, 0.5) is 0 Å². The third kappa shape index (κ3) is 5.76. The lowest BCUT2D eigenvalue weighted by Gasteiger charge is -2.16. The van der Waals surface area contributed by atoms with Crippen LogP contribution in [0.5, 0.6) is 0 Å². The normalized spacial score (nSPS) is 15.6. The molecular formula is C15H27N3O. The van der Waals surface area contributed by atoms with Gasteiger partial charge in [-0.2, -0.15) is 0 Å². The standard InChI is InChI=1S/C15H27N3O/c1-17(2)7-4-8-18(3)11-15-9-13(12-19-15)10-16-14-5-6-14/h9,12,14,16H,4-8,10-11H2,1-3H3. The van der Waals surface area contributed by atoms with Gasteiger partial charge in [-0.1, -0.05) is 0 Å². The third-order valence-electron chi connectivity index (χ3n) is 3.45. The topological polar surface area (TPSA) is 31.6 Å². The Morgan fingerprint density at radius 2 is 2.05 bits per heavy atom. The minimum atomic E-state index is 0.757. The molecule has 1 fully saturated rings. The number of nitrogens with one attached hydrogen (secondary N) is 1. The fourth-order valence-corrected chi connectivity index (χ4v) is 2.15. The third-order valence-corrected chi connectivity index (χ3v) is 3.45. The van der Waals surface area contributed by atoms with E-state index in [9.17, 15) is 0 Å². The lowest BCUT2D eigenvalue weighted by Crippen LogP contribution is -2.23. The Labute approximate surface area is 116 Å². The summed E-state index contributed by atoms with van der Waals surface area (Å²) in [5, 5.41) is 3.51. The van der Waals surface area contributed by atoms with Crippen LogP contribution < -0.4 is 5.32 Å². The van der Waals surface area contributed by atoms with Crippen LogP contribution in [-0.2, 0) is 13.1 Å². The Balaban J connectivity index is 1.66. The second kappa shape index (κ2) is 7.08. The molecule has 0 saturated heterocycles. The van der Waals surface area contributed by atoms with Gasteiger partial charge in [0.15, 0.2) is 0 Å². The van der Waals surface area contributed by atoms with Crippen molar-refractivity contribution in [2.45, 2.75) is 38.4 Å². The van der Waals surface area contributed by atoms with Crippen LogP contribution in [-0.4, -0.2) is 50.1 Å². The quantitative estimate of drug-likeness (QED) is 0.739. The van der Waals surface area contributed by atoms with E-state index in [-0.39, 0.29) is 0 Å². The van der Waals surface area contributed by atoms with E-state index < -0.39 is 0 Å². The lowest BCUT2D eigenvalue weighted by molar-refractivity contribution is 0.273. The van der Waals surface area contributed by atoms with E-state index in [4.69, 9.17) is 4.42 Å². The fourth-order valence-electron chi connectivity index (χ4n) is 2.15. The summed E-state index contributed by atoms with van der Waals surface area (Å²) in [6.07, 6.45) is 5.75. The highest BCUT2D eigenvalue weighted by atomic mass is 16.3. The lowest BCUT2D eigenvalue weighted by atomic mass is 10.3. The molecule has 1 aromatic heterocycles. The van der Waals surface area contributed by atoms with Crippen molar-refractivity contribution in [1.29, 1.82) is 0 Å². The largest absolute Gasteiger partial charge is 0.468 e. The Kier molecular flexibility index (Phi) is 5.43. The summed E-state index contributed by atoms with van der Waals surface area (Å²) in [6.45, 7) is 4.09. The van der Waals surface area contributed by atoms with Crippen LogP contribution in [0.15, 0.2) is 16.7 Å². The van der Waals surface area contributed by atoms with Gasteiger partial charge in [-0.3, -0.25) is 4.90 Å². The minimum absolute atomic E-state index is 0.757. The predicted molar refractivity (Wildman–Crippen MR) is 78.1 cm³/mol. The molecule has 0 radical (unpaired) electrons. The maximum Gasteiger partial charge on any atom is 0.118 e. The van der Waals surface area contributed by atoms with E-state index in [0.717, 1.165) is 38.0 Å². The first-order chi connectivity index (χ1) is 9.13. The first kappa shape index (κ1) is 14.6. The Bertz CT molecular complexity index is 371. The SMILES string of the molecule is CN(C)CCCN(C)Cc1cc(CNC2CC2)co1. The summed E-state index contributed by atoms with van der Waals surface area (Å²) in [7, 11) is 6.39. The maximum absolute atomic E-state index is 5.62. The molecule has 1 heterocycles. The van der Waals surface area contributed by atoms with Crippen LogP contribution in [0, 0.1) is 0 Å². The van der Waals surface area contributed by atoms with E-state index in [2.05, 4.69) is 42.3 Å². The van der Waals surface area contributed by atoms with Crippen LogP contribution in [0.25, 0.3) is 0 Å². The molecule has 0 unspecified atom stereocenters. The van der Waals surface area contributed by atoms with Crippen molar-refractivity contribution in [3.8, 4) is 0 Å². The molecule has 0 spiro atoms. The van der Waals surface area contributed by atoms with Gasteiger partial charge in [0.2, 0.25) is 0 Å². The van der Waals surface area contributed by atoms with Gasteiger partial charge >= 0.3 is 0 Å². The van der Waals surface area contributed by atoms with Crippen molar-refractivity contribution >= 4 is 0 Å². The summed E-state index contributed by atoms with van der Waals surface area (Å²) in [5.41, 5.74) is 1.27. The van der Waals surface area contributed by atoms with Crippen molar-refractivity contribution < 1.29 is 4.42 Å². The van der Waals surface area contributed by atoms with Crippen LogP contribution in [0.3, 0.4) is 0 Å². The van der Waals surface area contributed by atoms with Crippen molar-refractivity contribution in [3.63, 3.8) is 0 Å². The Morgan fingerprint density at radius 1 is 1.26 bits per heavy atom. The molecule has 2 rings (SSSR count). The van der Waals surface area contributed by atoms with Gasteiger partial charge in [-0.25, -0.2) is 0 Å². The van der Waals surface area contributed by atoms with Gasteiger partial charge in [-0.05, 0) is 59.6 Å². The number of nitrogens with zero attached hydrogens (tertiary/aromatic N) is 2. The van der Waals surface area contributed by atoms with Gasteiger partial charge in [0.1, 0.15) is 5.76 Å². The Hall–Kier alpha value is -0.840. The number of hydrogen-bond donors (Lipinski definition) is 1. The highest BCUT2D eigenvalue weighted by molar-refractivity contribution is 5.13. The summed E-state index contributed by atoms with van der Waals surface area (Å²) < 4.78 is 5.62. The Morgan fingerprint density at radius 3 is 2.74 bits per heavy atom. The molecule has 0 aliphatic heterocycles. The molecule has 19 heavy (non-hydrogen) atoms. The summed E-state index contributed by atoms with van der Waals surface area (Å²) >= 11 is 0. The van der Waals surface area contributed by atoms with Crippen molar-refractivity contribution in [2.24, 2.45) is 0 Å². The monoisotopic (exact) mass is 265 g/mol. The van der Waals surface area contributed by atoms with Gasteiger partial charge in [0, 0.05) is 18.2 Å². The predicted octanol–water partition coefficient (Wildman–Crippen LogP) is 1.92. The number of furan rings is 1. The average molecular weight is 265 g/mol. The van der Waals surface area contributed by atoms with Crippen LogP contribution in [0.2, 0.25) is 0 Å². The molecule has 0 atom stereocenters. The maximum atomic E-state index is 5.62. The first-order valence-corrected chi connectivity index (χ1v) is 7.26. The molecule has 4 heteroatoms. The van der Waals surface area contributed by atoms with Crippen molar-refractivity contribution in [3.05, 3.63) is 23.7 Å². The summed E-state index contributed by atoms with van der Waals surface area (Å²) in [4.78, 5) is 4.54. The first-order valence-electron chi connectivity index (χ1n) is 7.26. The minimum Gasteiger partial charge on any atom is -0.468 e. The zero-order valence-electron chi connectivity index (χ0n) is 12.5. The van der Waals surface area contributed by atoms with E-state index in [1.54, 1.807) is 0 Å². The molecule has 1 aromatic rings. The van der Waals surface area contributed by atoms with E-state index >= 15 is 0 Å². The fraction of sp³-hybridized carbons (Fsp3) is 0.733. The van der Waals surface area contributed by atoms with E-state index in [1.165, 1.54) is 24.8 Å². The highest BCUT2D eigenvalue weighted by Gasteiger charge is 2.20. The van der Waals surface area contributed by atoms with Gasteiger partial charge in [0.25, 0.3) is 0 Å². The zero-order chi connectivity index (χ0) is 13.7. The smallest absolute Gasteiger partial charge is 0.118 e. The van der Waals surface area contributed by atoms with E-state index in [0.29, 0.717) is 0 Å².